The van der Waals surface area contributed by atoms with Gasteiger partial charge in [-0.1, -0.05) is 18.2 Å². The van der Waals surface area contributed by atoms with Crippen molar-refractivity contribution in [3.8, 4) is 0 Å². The molecule has 0 atom stereocenters. The highest BCUT2D eigenvalue weighted by molar-refractivity contribution is 5.84. The van der Waals surface area contributed by atoms with E-state index in [0.717, 1.165) is 42.7 Å². The average Bonchev–Trinajstić information content (AvgIpc) is 2.55. The lowest BCUT2D eigenvalue weighted by molar-refractivity contribution is 0.241. The van der Waals surface area contributed by atoms with Crippen molar-refractivity contribution in [3.05, 3.63) is 69.7 Å². The zero-order chi connectivity index (χ0) is 15.8. The molecule has 5 heteroatoms. The zero-order valence-electron chi connectivity index (χ0n) is 13.0. The molecule has 1 N–H and O–H groups in total. The van der Waals surface area contributed by atoms with E-state index in [0.29, 0.717) is 5.82 Å². The summed E-state index contributed by atoms with van der Waals surface area (Å²) in [5.74, 6) is 0.687. The summed E-state index contributed by atoms with van der Waals surface area (Å²) in [6.45, 7) is 4.29. The highest BCUT2D eigenvalue weighted by Gasteiger charge is 2.20. The number of aromatic amines is 1. The molecule has 0 unspecified atom stereocenters. The van der Waals surface area contributed by atoms with Gasteiger partial charge in [0.1, 0.15) is 5.82 Å². The number of aryl methyl sites for hydroxylation is 1. The van der Waals surface area contributed by atoms with E-state index in [1.165, 1.54) is 10.9 Å². The van der Waals surface area contributed by atoms with Crippen molar-refractivity contribution in [1.82, 2.24) is 19.9 Å². The lowest BCUT2D eigenvalue weighted by atomic mass is 10.0. The minimum atomic E-state index is 0.0170. The average molecular weight is 306 g/mol. The molecule has 5 nitrogen and oxygen atoms in total. The third-order valence-electron chi connectivity index (χ3n) is 4.44. The Hall–Kier alpha value is -2.53. The van der Waals surface area contributed by atoms with Crippen molar-refractivity contribution >= 4 is 10.8 Å². The number of rotatable bonds is 2. The second-order valence-corrected chi connectivity index (χ2v) is 6.05. The Morgan fingerprint density at radius 3 is 3.13 bits per heavy atom. The first kappa shape index (κ1) is 14.1. The molecule has 0 bridgehead atoms. The van der Waals surface area contributed by atoms with Crippen LogP contribution >= 0.6 is 0 Å². The van der Waals surface area contributed by atoms with Gasteiger partial charge in [0.05, 0.1) is 5.69 Å². The third-order valence-corrected chi connectivity index (χ3v) is 4.44. The van der Waals surface area contributed by atoms with E-state index in [2.05, 4.69) is 44.1 Å². The summed E-state index contributed by atoms with van der Waals surface area (Å²) >= 11 is 0. The van der Waals surface area contributed by atoms with Crippen LogP contribution in [0.15, 0.2) is 41.5 Å². The topological polar surface area (TPSA) is 61.9 Å². The fourth-order valence-electron chi connectivity index (χ4n) is 3.32. The van der Waals surface area contributed by atoms with E-state index in [4.69, 9.17) is 0 Å². The number of fused-ring (bicyclic) bond motifs is 2. The smallest absolute Gasteiger partial charge is 0.254 e. The van der Waals surface area contributed by atoms with Crippen LogP contribution in [0.1, 0.15) is 22.6 Å². The predicted octanol–water partition coefficient (Wildman–Crippen LogP) is 2.18. The van der Waals surface area contributed by atoms with Gasteiger partial charge in [-0.15, -0.1) is 0 Å². The van der Waals surface area contributed by atoms with Crippen LogP contribution in [-0.2, 0) is 19.5 Å². The number of nitrogens with zero attached hydrogens (tertiary/aromatic N) is 3. The number of H-pyrrole nitrogens is 1. The van der Waals surface area contributed by atoms with Crippen LogP contribution in [0.5, 0.6) is 0 Å². The van der Waals surface area contributed by atoms with Crippen LogP contribution in [0.4, 0.5) is 0 Å². The van der Waals surface area contributed by atoms with Gasteiger partial charge in [-0.25, -0.2) is 4.98 Å². The molecule has 1 aliphatic rings. The molecule has 3 heterocycles. The van der Waals surface area contributed by atoms with E-state index >= 15 is 0 Å². The Labute approximate surface area is 134 Å². The van der Waals surface area contributed by atoms with E-state index in [1.807, 2.05) is 19.3 Å². The maximum absolute atomic E-state index is 12.0. The highest BCUT2D eigenvalue weighted by atomic mass is 16.1. The zero-order valence-corrected chi connectivity index (χ0v) is 13.0. The summed E-state index contributed by atoms with van der Waals surface area (Å²) in [5, 5.41) is 2.40. The largest absolute Gasteiger partial charge is 0.311 e. The standard InChI is InChI=1S/C18H18N4O/c1-12-20-17-11-22(8-6-16(17)18(23)21-12)10-14-4-2-3-13-9-19-7-5-15(13)14/h2-5,7,9H,6,8,10-11H2,1H3,(H,20,21,23). The molecule has 2 aromatic heterocycles. The lowest BCUT2D eigenvalue weighted by Crippen LogP contribution is -2.35. The third kappa shape index (κ3) is 2.64. The number of hydrogen-bond donors (Lipinski definition) is 1. The molecular formula is C18H18N4O. The number of benzene rings is 1. The number of pyridine rings is 1. The van der Waals surface area contributed by atoms with E-state index in [1.54, 1.807) is 0 Å². The summed E-state index contributed by atoms with van der Waals surface area (Å²) in [5.41, 5.74) is 3.06. The van der Waals surface area contributed by atoms with Crippen molar-refractivity contribution < 1.29 is 0 Å². The number of aromatic nitrogens is 3. The normalized spacial score (nSPS) is 14.8. The number of hydrogen-bond acceptors (Lipinski definition) is 4. The molecule has 0 spiro atoms. The summed E-state index contributed by atoms with van der Waals surface area (Å²) in [6.07, 6.45) is 4.49. The van der Waals surface area contributed by atoms with Crippen LogP contribution in [0.2, 0.25) is 0 Å². The van der Waals surface area contributed by atoms with Crippen LogP contribution < -0.4 is 5.56 Å². The molecule has 0 amide bonds. The minimum absolute atomic E-state index is 0.0170. The fourth-order valence-corrected chi connectivity index (χ4v) is 3.32. The number of nitrogens with one attached hydrogen (secondary N) is 1. The van der Waals surface area contributed by atoms with Gasteiger partial charge in [0.2, 0.25) is 0 Å². The van der Waals surface area contributed by atoms with Crippen molar-refractivity contribution in [3.63, 3.8) is 0 Å². The summed E-state index contributed by atoms with van der Waals surface area (Å²) in [4.78, 5) is 25.9. The fraction of sp³-hybridized carbons (Fsp3) is 0.278. The monoisotopic (exact) mass is 306 g/mol. The van der Waals surface area contributed by atoms with Gasteiger partial charge in [-0.3, -0.25) is 14.7 Å². The van der Waals surface area contributed by atoms with Crippen molar-refractivity contribution in [2.75, 3.05) is 6.54 Å². The Kier molecular flexibility index (Phi) is 3.42. The van der Waals surface area contributed by atoms with Crippen molar-refractivity contribution in [1.29, 1.82) is 0 Å². The van der Waals surface area contributed by atoms with Gasteiger partial charge in [0.15, 0.2) is 0 Å². The lowest BCUT2D eigenvalue weighted by Gasteiger charge is -2.28. The molecule has 0 saturated heterocycles. The second-order valence-electron chi connectivity index (χ2n) is 6.05. The van der Waals surface area contributed by atoms with Gasteiger partial charge in [0.25, 0.3) is 5.56 Å². The molecular weight excluding hydrogens is 288 g/mol. The Morgan fingerprint density at radius 1 is 1.30 bits per heavy atom. The van der Waals surface area contributed by atoms with E-state index in [-0.39, 0.29) is 5.56 Å². The Bertz CT molecular complexity index is 926. The van der Waals surface area contributed by atoms with Crippen LogP contribution in [0, 0.1) is 6.92 Å². The first-order chi connectivity index (χ1) is 11.2. The maximum atomic E-state index is 12.0. The SMILES string of the molecule is Cc1nc2c(c(=O)[nH]1)CCN(Cc1cccc3cnccc13)C2. The molecule has 0 saturated carbocycles. The van der Waals surface area contributed by atoms with E-state index in [9.17, 15) is 4.79 Å². The Morgan fingerprint density at radius 2 is 2.22 bits per heavy atom. The van der Waals surface area contributed by atoms with E-state index < -0.39 is 0 Å². The molecule has 0 aliphatic carbocycles. The molecule has 0 radical (unpaired) electrons. The molecule has 1 aromatic carbocycles. The van der Waals surface area contributed by atoms with Crippen LogP contribution in [0.25, 0.3) is 10.8 Å². The highest BCUT2D eigenvalue weighted by Crippen LogP contribution is 2.22. The van der Waals surface area contributed by atoms with Crippen molar-refractivity contribution in [2.24, 2.45) is 0 Å². The van der Waals surface area contributed by atoms with Gasteiger partial charge in [-0.05, 0) is 30.4 Å². The maximum Gasteiger partial charge on any atom is 0.254 e. The van der Waals surface area contributed by atoms with Crippen LogP contribution in [0.3, 0.4) is 0 Å². The second kappa shape index (κ2) is 5.59. The van der Waals surface area contributed by atoms with Gasteiger partial charge in [-0.2, -0.15) is 0 Å². The molecule has 23 heavy (non-hydrogen) atoms. The van der Waals surface area contributed by atoms with Crippen molar-refractivity contribution in [2.45, 2.75) is 26.4 Å². The summed E-state index contributed by atoms with van der Waals surface area (Å²) in [6, 6.07) is 8.39. The molecule has 3 aromatic rings. The molecule has 0 fully saturated rings. The molecule has 116 valence electrons. The summed E-state index contributed by atoms with van der Waals surface area (Å²) in [7, 11) is 0. The molecule has 1 aliphatic heterocycles. The Balaban J connectivity index is 1.64. The minimum Gasteiger partial charge on any atom is -0.311 e. The van der Waals surface area contributed by atoms with Crippen LogP contribution in [-0.4, -0.2) is 26.4 Å². The van der Waals surface area contributed by atoms with Gasteiger partial charge in [0, 0.05) is 43.0 Å². The quantitative estimate of drug-likeness (QED) is 0.788. The predicted molar refractivity (Wildman–Crippen MR) is 89.2 cm³/mol. The van der Waals surface area contributed by atoms with Gasteiger partial charge < -0.3 is 4.98 Å². The first-order valence-electron chi connectivity index (χ1n) is 7.83. The molecule has 4 rings (SSSR count). The summed E-state index contributed by atoms with van der Waals surface area (Å²) < 4.78 is 0. The first-order valence-corrected chi connectivity index (χ1v) is 7.83. The van der Waals surface area contributed by atoms with Gasteiger partial charge >= 0.3 is 0 Å².